The van der Waals surface area contributed by atoms with Gasteiger partial charge >= 0.3 is 35.8 Å². The highest BCUT2D eigenvalue weighted by Crippen LogP contribution is 2.45. The van der Waals surface area contributed by atoms with Crippen LogP contribution in [-0.4, -0.2) is 164 Å². The molecule has 0 aliphatic carbocycles. The van der Waals surface area contributed by atoms with Crippen molar-refractivity contribution in [2.75, 3.05) is 26.9 Å². The molecule has 0 spiro atoms. The van der Waals surface area contributed by atoms with Gasteiger partial charge in [0.25, 0.3) is 0 Å². The van der Waals surface area contributed by atoms with Crippen LogP contribution in [0.1, 0.15) is 107 Å². The molecule has 4 aliphatic heterocycles. The Morgan fingerprint density at radius 1 is 0.680 bits per heavy atom. The Hall–Kier alpha value is -5.40. The summed E-state index contributed by atoms with van der Waals surface area (Å²) in [4.78, 5) is 79.0. The fourth-order valence-electron chi connectivity index (χ4n) is 9.15. The van der Waals surface area contributed by atoms with Gasteiger partial charge < -0.3 is 66.7 Å². The van der Waals surface area contributed by atoms with Gasteiger partial charge in [0, 0.05) is 44.0 Å². The summed E-state index contributed by atoms with van der Waals surface area (Å²) in [6.07, 6.45) is -11.5. The highest BCUT2D eigenvalue weighted by atomic mass is 32.2. The topological polar surface area (TPSA) is 291 Å². The molecule has 0 unspecified atom stereocenters. The molecule has 412 valence electrons. The van der Waals surface area contributed by atoms with Crippen molar-refractivity contribution in [2.45, 2.75) is 183 Å². The predicted molar refractivity (Wildman–Crippen MR) is 261 cm³/mol. The highest BCUT2D eigenvalue weighted by molar-refractivity contribution is 8.00. The Kier molecular flexibility index (Phi) is 22.1. The van der Waals surface area contributed by atoms with Gasteiger partial charge in [0.1, 0.15) is 61.3 Å². The molecule has 0 amide bonds. The average molecular weight is 1070 g/mol. The molecule has 75 heavy (non-hydrogen) atoms. The Morgan fingerprint density at radius 3 is 1.80 bits per heavy atom. The second-order valence-electron chi connectivity index (χ2n) is 18.7. The van der Waals surface area contributed by atoms with Crippen molar-refractivity contribution in [3.05, 3.63) is 82.2 Å². The lowest BCUT2D eigenvalue weighted by Crippen LogP contribution is -2.66. The second-order valence-corrected chi connectivity index (χ2v) is 20.2. The molecule has 4 saturated heterocycles. The first-order chi connectivity index (χ1) is 35.9. The third-order valence-corrected chi connectivity index (χ3v) is 13.9. The van der Waals surface area contributed by atoms with Crippen LogP contribution in [0, 0.1) is 0 Å². The Morgan fingerprint density at radius 2 is 1.21 bits per heavy atom. The van der Waals surface area contributed by atoms with Crippen molar-refractivity contribution in [2.24, 2.45) is 5.11 Å². The Bertz CT molecular complexity index is 2270. The number of aliphatic hydroxyl groups is 1. The lowest BCUT2D eigenvalue weighted by Gasteiger charge is -2.49. The largest absolute Gasteiger partial charge is 0.469 e. The fourth-order valence-corrected chi connectivity index (χ4v) is 10.5. The monoisotopic (exact) mass is 1070 g/mol. The number of aliphatic hydroxyl groups excluding tert-OH is 1. The van der Waals surface area contributed by atoms with Gasteiger partial charge in [0.15, 0.2) is 36.7 Å². The fraction of sp³-hybridized carbons (Fsp3) is 0.647. The molecule has 4 heterocycles. The minimum atomic E-state index is -1.75. The molecule has 0 saturated carbocycles. The van der Waals surface area contributed by atoms with Gasteiger partial charge in [-0.2, -0.15) is 0 Å². The first-order valence-electron chi connectivity index (χ1n) is 24.9. The van der Waals surface area contributed by atoms with Crippen LogP contribution in [0.25, 0.3) is 10.4 Å². The molecule has 24 heteroatoms. The Labute approximate surface area is 438 Å². The quantitative estimate of drug-likeness (QED) is 0.0331. The van der Waals surface area contributed by atoms with Gasteiger partial charge in [-0.1, -0.05) is 67.2 Å². The molecule has 0 radical (unpaired) electrons. The standard InChI is InChI=1S/C51H67N3O20S/c1-28-39(66-29(2)55)42(67-30(3)56)45(68-31(4)57)50(75-28)72-44-43-41(73-51(5,6)74-43)35(27-65-47(61)33-22-16-13-17-23-33)70-49(44)71-40-34(26-64-46(60)32-20-14-12-15-21-32)69-48(37(38(40)59)53-54-52)63-25-19-11-9-8-10-18-24-36(58)62-7/h12-17,20-23,28,34-35,37-45,48-50,59H,8-11,18-19,24-27H2,1-7H3/t28-,34+,35+,37+,38+,39+,40+,41-,42+,43-,44+,45-,48+,49-,50+/m0/s1. The zero-order valence-corrected chi connectivity index (χ0v) is 43.8. The lowest BCUT2D eigenvalue weighted by atomic mass is 9.95. The van der Waals surface area contributed by atoms with E-state index >= 15 is 0 Å². The van der Waals surface area contributed by atoms with E-state index in [-0.39, 0.29) is 23.7 Å². The molecular formula is C51H67N3O20S. The van der Waals surface area contributed by atoms with Crippen LogP contribution in [0.4, 0.5) is 0 Å². The molecule has 4 fully saturated rings. The molecule has 0 bridgehead atoms. The molecule has 6 rings (SSSR count). The number of thioether (sulfide) groups is 1. The van der Waals surface area contributed by atoms with E-state index in [2.05, 4.69) is 10.0 Å². The summed E-state index contributed by atoms with van der Waals surface area (Å²) in [7, 11) is 1.35. The van der Waals surface area contributed by atoms with E-state index < -0.39 is 139 Å². The Balaban J connectivity index is 1.34. The molecule has 0 aromatic heterocycles. The summed E-state index contributed by atoms with van der Waals surface area (Å²) in [5.74, 6) is -5.27. The van der Waals surface area contributed by atoms with Crippen molar-refractivity contribution in [1.82, 2.24) is 0 Å². The molecule has 1 N–H and O–H groups in total. The van der Waals surface area contributed by atoms with E-state index in [0.29, 0.717) is 19.3 Å². The number of fused-ring (bicyclic) bond motifs is 1. The molecule has 4 aliphatic rings. The number of rotatable bonds is 24. The van der Waals surface area contributed by atoms with Crippen LogP contribution < -0.4 is 0 Å². The van der Waals surface area contributed by atoms with Crippen molar-refractivity contribution >= 4 is 47.6 Å². The number of hydrogen-bond acceptors (Lipinski definition) is 22. The van der Waals surface area contributed by atoms with Gasteiger partial charge in [-0.05, 0) is 63.4 Å². The minimum absolute atomic E-state index is 0.119. The zero-order chi connectivity index (χ0) is 54.2. The van der Waals surface area contributed by atoms with Gasteiger partial charge in [0.2, 0.25) is 0 Å². The number of benzene rings is 2. The van der Waals surface area contributed by atoms with E-state index in [1.54, 1.807) is 81.4 Å². The van der Waals surface area contributed by atoms with E-state index in [0.717, 1.165) is 51.3 Å². The number of methoxy groups -OCH3 is 1. The van der Waals surface area contributed by atoms with Crippen molar-refractivity contribution < 1.29 is 95.5 Å². The average Bonchev–Trinajstić information content (AvgIpc) is 3.71. The van der Waals surface area contributed by atoms with E-state index in [1.165, 1.54) is 14.0 Å². The maximum Gasteiger partial charge on any atom is 0.338 e. The van der Waals surface area contributed by atoms with Crippen molar-refractivity contribution in [3.8, 4) is 0 Å². The smallest absolute Gasteiger partial charge is 0.338 e. The minimum Gasteiger partial charge on any atom is -0.469 e. The van der Waals surface area contributed by atoms with E-state index in [4.69, 9.17) is 61.6 Å². The van der Waals surface area contributed by atoms with Crippen LogP contribution in [0.3, 0.4) is 0 Å². The number of carbonyl (C=O) groups is 6. The van der Waals surface area contributed by atoms with Gasteiger partial charge in [-0.25, -0.2) is 9.59 Å². The summed E-state index contributed by atoms with van der Waals surface area (Å²) in [6.45, 7) is 7.59. The molecule has 23 nitrogen and oxygen atoms in total. The molecular weight excluding hydrogens is 1010 g/mol. The third kappa shape index (κ3) is 16.5. The summed E-state index contributed by atoms with van der Waals surface area (Å²) >= 11 is 1.08. The summed E-state index contributed by atoms with van der Waals surface area (Å²) in [6, 6.07) is 14.9. The lowest BCUT2D eigenvalue weighted by molar-refractivity contribution is -0.346. The SMILES string of the molecule is COC(=O)CCCCCCCCO[C@@H]1O[C@H](COC(=O)c2ccccc2)[C@@H](O[C@@H]2O[C@H](COC(=O)c3ccccc3)[C@@H]3OC(C)(C)O[C@@H]3[C@H]2O[C@@H]2S[C@@H](C)[C@@H](OC(C)=O)[C@@H](OC(C)=O)[C@@H]2OC(C)=O)[C@H](O)[C@H]1N=[N+]=[N-]. The number of azide groups is 1. The van der Waals surface area contributed by atoms with E-state index in [9.17, 15) is 39.4 Å². The normalized spacial score (nSPS) is 30.9. The maximum atomic E-state index is 13.4. The predicted octanol–water partition coefficient (Wildman–Crippen LogP) is 5.66. The number of carbonyl (C=O) groups excluding carboxylic acids is 6. The second kappa shape index (κ2) is 28.1. The number of ether oxygens (including phenoxy) is 13. The van der Waals surface area contributed by atoms with Gasteiger partial charge in [0.05, 0.1) is 24.3 Å². The molecule has 2 aromatic carbocycles. The highest BCUT2D eigenvalue weighted by Gasteiger charge is 2.61. The van der Waals surface area contributed by atoms with Gasteiger partial charge in [-0.3, -0.25) is 19.2 Å². The number of unbranched alkanes of at least 4 members (excludes halogenated alkanes) is 5. The first-order valence-corrected chi connectivity index (χ1v) is 25.8. The van der Waals surface area contributed by atoms with Crippen molar-refractivity contribution in [1.29, 1.82) is 0 Å². The summed E-state index contributed by atoms with van der Waals surface area (Å²) in [5.41, 5.74) is 9.04. The first kappa shape index (κ1) is 58.9. The maximum absolute atomic E-state index is 13.4. The van der Waals surface area contributed by atoms with Crippen LogP contribution in [0.15, 0.2) is 65.8 Å². The van der Waals surface area contributed by atoms with Crippen LogP contribution >= 0.6 is 11.8 Å². The molecule has 2 aromatic rings. The van der Waals surface area contributed by atoms with Crippen molar-refractivity contribution in [3.63, 3.8) is 0 Å². The zero-order valence-electron chi connectivity index (χ0n) is 43.0. The third-order valence-electron chi connectivity index (χ3n) is 12.5. The van der Waals surface area contributed by atoms with Crippen LogP contribution in [0.5, 0.6) is 0 Å². The molecule has 15 atom stereocenters. The van der Waals surface area contributed by atoms with Crippen LogP contribution in [-0.2, 0) is 80.8 Å². The number of esters is 6. The van der Waals surface area contributed by atoms with E-state index in [1.807, 2.05) is 0 Å². The van der Waals surface area contributed by atoms with Crippen LogP contribution in [0.2, 0.25) is 0 Å². The summed E-state index contributed by atoms with van der Waals surface area (Å²) < 4.78 is 79.1. The number of nitrogens with zero attached hydrogens (tertiary/aromatic N) is 3. The summed E-state index contributed by atoms with van der Waals surface area (Å²) in [5, 5.41) is 15.6. The number of hydrogen-bond donors (Lipinski definition) is 1. The van der Waals surface area contributed by atoms with Gasteiger partial charge in [-0.15, -0.1) is 11.8 Å².